The van der Waals surface area contributed by atoms with Crippen molar-refractivity contribution in [2.75, 3.05) is 21.3 Å². The summed E-state index contributed by atoms with van der Waals surface area (Å²) in [4.78, 5) is 0. The van der Waals surface area contributed by atoms with Crippen molar-refractivity contribution >= 4 is 0 Å². The second kappa shape index (κ2) is 12.0. The molecule has 1 rings (SSSR count). The Kier molecular flexibility index (Phi) is 10.8. The van der Waals surface area contributed by atoms with Gasteiger partial charge in [0, 0.05) is 21.3 Å². The van der Waals surface area contributed by atoms with Crippen LogP contribution in [0.1, 0.15) is 84.0 Å². The topological polar surface area (TPSA) is 27.7 Å². The van der Waals surface area contributed by atoms with E-state index in [1.54, 1.807) is 21.3 Å². The first kappa shape index (κ1) is 20.7. The van der Waals surface area contributed by atoms with Gasteiger partial charge in [-0.05, 0) is 32.1 Å². The zero-order valence-corrected chi connectivity index (χ0v) is 15.9. The van der Waals surface area contributed by atoms with Crippen molar-refractivity contribution in [1.82, 2.24) is 0 Å². The Labute approximate surface area is 143 Å². The molecular weight excluding hydrogens is 288 g/mol. The molecule has 3 nitrogen and oxygen atoms in total. The van der Waals surface area contributed by atoms with Gasteiger partial charge in [0.05, 0.1) is 5.92 Å². The molecule has 1 unspecified atom stereocenters. The number of hydrogen-bond acceptors (Lipinski definition) is 3. The van der Waals surface area contributed by atoms with Crippen molar-refractivity contribution < 1.29 is 14.2 Å². The number of ether oxygens (including phenoxy) is 3. The van der Waals surface area contributed by atoms with Crippen molar-refractivity contribution in [2.45, 2.75) is 89.9 Å². The molecule has 0 aromatic carbocycles. The normalized spacial score (nSPS) is 17.7. The van der Waals surface area contributed by atoms with Crippen LogP contribution in [0.4, 0.5) is 0 Å². The van der Waals surface area contributed by atoms with Gasteiger partial charge in [0.15, 0.2) is 0 Å². The molecule has 0 aromatic heterocycles. The molecule has 136 valence electrons. The average molecular weight is 327 g/mol. The van der Waals surface area contributed by atoms with Gasteiger partial charge in [-0.3, -0.25) is 0 Å². The minimum Gasteiger partial charge on any atom is -0.330 e. The molecule has 0 spiro atoms. The van der Waals surface area contributed by atoms with Crippen LogP contribution in [0.3, 0.4) is 0 Å². The summed E-state index contributed by atoms with van der Waals surface area (Å²) in [6, 6.07) is 0. The Balaban J connectivity index is 2.69. The van der Waals surface area contributed by atoms with E-state index in [1.807, 2.05) is 0 Å². The van der Waals surface area contributed by atoms with E-state index < -0.39 is 5.97 Å². The zero-order chi connectivity index (χ0) is 17.0. The highest BCUT2D eigenvalue weighted by Crippen LogP contribution is 2.38. The Bertz CT molecular complexity index is 313. The molecule has 1 aliphatic carbocycles. The Morgan fingerprint density at radius 2 is 1.57 bits per heavy atom. The van der Waals surface area contributed by atoms with E-state index in [2.05, 4.69) is 13.0 Å². The lowest BCUT2D eigenvalue weighted by atomic mass is 9.87. The maximum Gasteiger partial charge on any atom is 0.289 e. The van der Waals surface area contributed by atoms with Crippen LogP contribution in [0, 0.1) is 5.92 Å². The van der Waals surface area contributed by atoms with Gasteiger partial charge >= 0.3 is 0 Å². The van der Waals surface area contributed by atoms with Gasteiger partial charge < -0.3 is 14.2 Å². The Morgan fingerprint density at radius 3 is 2.22 bits per heavy atom. The summed E-state index contributed by atoms with van der Waals surface area (Å²) in [7, 11) is 5.08. The van der Waals surface area contributed by atoms with E-state index in [0.717, 1.165) is 12.8 Å². The minimum atomic E-state index is -0.931. The van der Waals surface area contributed by atoms with Gasteiger partial charge in [-0.25, -0.2) is 0 Å². The monoisotopic (exact) mass is 326 g/mol. The highest BCUT2D eigenvalue weighted by atomic mass is 16.9. The molecule has 1 aliphatic rings. The van der Waals surface area contributed by atoms with Crippen molar-refractivity contribution in [3.63, 3.8) is 0 Å². The lowest BCUT2D eigenvalue weighted by molar-refractivity contribution is -0.374. The van der Waals surface area contributed by atoms with Crippen LogP contribution in [-0.2, 0) is 14.2 Å². The quantitative estimate of drug-likeness (QED) is 0.256. The summed E-state index contributed by atoms with van der Waals surface area (Å²) >= 11 is 0. The number of allylic oxidation sites excluding steroid dienone is 1. The van der Waals surface area contributed by atoms with Gasteiger partial charge in [0.2, 0.25) is 0 Å². The maximum absolute atomic E-state index is 5.70. The molecular formula is C20H38O3. The number of unbranched alkanes of at least 4 members (excludes halogenated alkanes) is 5. The van der Waals surface area contributed by atoms with Crippen LogP contribution in [-0.4, -0.2) is 27.3 Å². The standard InChI is InChI=1S/C20H38O3/c1-5-6-7-8-9-14-17-19(20(21-2,22-3)23-4)18-15-12-10-11-13-16-18/h15,19H,5-14,16-17H2,1-4H3. The van der Waals surface area contributed by atoms with Gasteiger partial charge in [-0.15, -0.1) is 0 Å². The largest absolute Gasteiger partial charge is 0.330 e. The first-order valence-electron chi connectivity index (χ1n) is 9.58. The molecule has 0 radical (unpaired) electrons. The lowest BCUT2D eigenvalue weighted by Gasteiger charge is -2.38. The maximum atomic E-state index is 5.70. The minimum absolute atomic E-state index is 0.201. The van der Waals surface area contributed by atoms with E-state index >= 15 is 0 Å². The molecule has 0 saturated heterocycles. The third-order valence-electron chi connectivity index (χ3n) is 5.15. The molecule has 0 aliphatic heterocycles. The fraction of sp³-hybridized carbons (Fsp3) is 0.900. The molecule has 0 fully saturated rings. The van der Waals surface area contributed by atoms with Crippen LogP contribution in [0.25, 0.3) is 0 Å². The molecule has 0 N–H and O–H groups in total. The van der Waals surface area contributed by atoms with Crippen LogP contribution >= 0.6 is 0 Å². The Hall–Kier alpha value is -0.380. The van der Waals surface area contributed by atoms with Gasteiger partial charge in [0.25, 0.3) is 5.97 Å². The number of rotatable bonds is 12. The highest BCUT2D eigenvalue weighted by Gasteiger charge is 2.41. The van der Waals surface area contributed by atoms with Crippen LogP contribution in [0.5, 0.6) is 0 Å². The van der Waals surface area contributed by atoms with Crippen LogP contribution < -0.4 is 0 Å². The van der Waals surface area contributed by atoms with Gasteiger partial charge in [-0.1, -0.05) is 63.5 Å². The molecule has 0 bridgehead atoms. The van der Waals surface area contributed by atoms with E-state index in [4.69, 9.17) is 14.2 Å². The molecule has 0 saturated carbocycles. The summed E-state index contributed by atoms with van der Waals surface area (Å²) in [5, 5.41) is 0. The molecule has 23 heavy (non-hydrogen) atoms. The van der Waals surface area contributed by atoms with Gasteiger partial charge in [-0.2, -0.15) is 0 Å². The van der Waals surface area contributed by atoms with Crippen molar-refractivity contribution in [1.29, 1.82) is 0 Å². The van der Waals surface area contributed by atoms with E-state index in [-0.39, 0.29) is 5.92 Å². The average Bonchev–Trinajstić information content (AvgIpc) is 2.87. The first-order chi connectivity index (χ1) is 11.2. The third-order valence-corrected chi connectivity index (χ3v) is 5.15. The molecule has 0 aromatic rings. The lowest BCUT2D eigenvalue weighted by Crippen LogP contribution is -2.45. The van der Waals surface area contributed by atoms with E-state index in [9.17, 15) is 0 Å². The predicted octanol–water partition coefficient (Wildman–Crippen LogP) is 5.84. The molecule has 3 heteroatoms. The fourth-order valence-corrected chi connectivity index (χ4v) is 3.75. The summed E-state index contributed by atoms with van der Waals surface area (Å²) < 4.78 is 17.1. The van der Waals surface area contributed by atoms with E-state index in [0.29, 0.717) is 0 Å². The van der Waals surface area contributed by atoms with E-state index in [1.165, 1.54) is 69.8 Å². The summed E-state index contributed by atoms with van der Waals surface area (Å²) in [5.41, 5.74) is 1.47. The third kappa shape index (κ3) is 6.56. The van der Waals surface area contributed by atoms with Gasteiger partial charge in [0.1, 0.15) is 0 Å². The second-order valence-corrected chi connectivity index (χ2v) is 6.70. The summed E-state index contributed by atoms with van der Waals surface area (Å²) in [6.45, 7) is 2.26. The SMILES string of the molecule is CCCCCCCCC(C1=CCCCCC1)C(OC)(OC)OC. The van der Waals surface area contributed by atoms with Crippen molar-refractivity contribution in [3.05, 3.63) is 11.6 Å². The summed E-state index contributed by atoms with van der Waals surface area (Å²) in [6.07, 6.45) is 17.6. The fourth-order valence-electron chi connectivity index (χ4n) is 3.75. The van der Waals surface area contributed by atoms with Crippen LogP contribution in [0.2, 0.25) is 0 Å². The molecule has 1 atom stereocenters. The second-order valence-electron chi connectivity index (χ2n) is 6.70. The highest BCUT2D eigenvalue weighted by molar-refractivity contribution is 5.11. The van der Waals surface area contributed by atoms with Crippen LogP contribution in [0.15, 0.2) is 11.6 Å². The molecule has 0 heterocycles. The predicted molar refractivity (Wildman–Crippen MR) is 96.4 cm³/mol. The number of methoxy groups -OCH3 is 3. The number of hydrogen-bond donors (Lipinski definition) is 0. The molecule has 0 amide bonds. The zero-order valence-electron chi connectivity index (χ0n) is 15.9. The first-order valence-corrected chi connectivity index (χ1v) is 9.58. The Morgan fingerprint density at radius 1 is 0.913 bits per heavy atom. The summed E-state index contributed by atoms with van der Waals surface area (Å²) in [5.74, 6) is -0.730. The smallest absolute Gasteiger partial charge is 0.289 e. The van der Waals surface area contributed by atoms with Crippen molar-refractivity contribution in [2.24, 2.45) is 5.92 Å². The van der Waals surface area contributed by atoms with Crippen molar-refractivity contribution in [3.8, 4) is 0 Å².